The van der Waals surface area contributed by atoms with Gasteiger partial charge in [0.15, 0.2) is 0 Å². The smallest absolute Gasteiger partial charge is 0.122 e. The van der Waals surface area contributed by atoms with Crippen molar-refractivity contribution in [2.24, 2.45) is 5.92 Å². The number of nitrogens with one attached hydrogen (secondary N) is 1. The first-order valence-corrected chi connectivity index (χ1v) is 6.00. The Bertz CT molecular complexity index is 354. The highest BCUT2D eigenvalue weighted by Crippen LogP contribution is 2.26. The molecule has 0 amide bonds. The van der Waals surface area contributed by atoms with Crippen molar-refractivity contribution in [1.29, 1.82) is 0 Å². The van der Waals surface area contributed by atoms with Gasteiger partial charge in [0.1, 0.15) is 5.75 Å². The third-order valence-corrected chi connectivity index (χ3v) is 2.88. The average molecular weight is 219 g/mol. The molecule has 0 aliphatic carbocycles. The van der Waals surface area contributed by atoms with Crippen LogP contribution in [0.25, 0.3) is 0 Å². The second-order valence-corrected chi connectivity index (χ2v) is 5.62. The fourth-order valence-corrected chi connectivity index (χ4v) is 1.97. The highest BCUT2D eigenvalue weighted by molar-refractivity contribution is 5.35. The minimum Gasteiger partial charge on any atom is -0.493 e. The lowest BCUT2D eigenvalue weighted by atomic mass is 9.96. The summed E-state index contributed by atoms with van der Waals surface area (Å²) in [4.78, 5) is 0. The molecule has 2 nitrogen and oxygen atoms in total. The minimum absolute atomic E-state index is 0.191. The van der Waals surface area contributed by atoms with Crippen LogP contribution in [0.3, 0.4) is 0 Å². The molecule has 1 aromatic carbocycles. The number of rotatable bonds is 2. The van der Waals surface area contributed by atoms with E-state index < -0.39 is 0 Å². The number of hydrogen-bond acceptors (Lipinski definition) is 2. The first kappa shape index (κ1) is 11.5. The summed E-state index contributed by atoms with van der Waals surface area (Å²) < 4.78 is 5.76. The van der Waals surface area contributed by atoms with Crippen LogP contribution >= 0.6 is 0 Å². The maximum Gasteiger partial charge on any atom is 0.122 e. The van der Waals surface area contributed by atoms with Crippen molar-refractivity contribution >= 4 is 0 Å². The van der Waals surface area contributed by atoms with Crippen LogP contribution in [-0.2, 0) is 6.42 Å². The molecule has 1 heterocycles. The summed E-state index contributed by atoms with van der Waals surface area (Å²) in [5, 5.41) is 3.54. The molecule has 88 valence electrons. The quantitative estimate of drug-likeness (QED) is 0.825. The van der Waals surface area contributed by atoms with Crippen LogP contribution < -0.4 is 10.1 Å². The van der Waals surface area contributed by atoms with E-state index in [4.69, 9.17) is 4.74 Å². The monoisotopic (exact) mass is 219 g/mol. The predicted molar refractivity (Wildman–Crippen MR) is 66.9 cm³/mol. The molecule has 2 rings (SSSR count). The van der Waals surface area contributed by atoms with Gasteiger partial charge in [-0.25, -0.2) is 0 Å². The normalized spacial score (nSPS) is 20.1. The lowest BCUT2D eigenvalue weighted by molar-refractivity contribution is 0.208. The molecule has 1 atom stereocenters. The van der Waals surface area contributed by atoms with E-state index in [2.05, 4.69) is 44.3 Å². The summed E-state index contributed by atoms with van der Waals surface area (Å²) in [6.07, 6.45) is 1.12. The SMILES string of the molecule is CC(C)(C)NCC1COc2ccccc2C1. The summed E-state index contributed by atoms with van der Waals surface area (Å²) in [5.41, 5.74) is 1.53. The number of fused-ring (bicyclic) bond motifs is 1. The van der Waals surface area contributed by atoms with Crippen LogP contribution in [-0.4, -0.2) is 18.7 Å². The molecule has 0 bridgehead atoms. The second-order valence-electron chi connectivity index (χ2n) is 5.62. The van der Waals surface area contributed by atoms with Crippen LogP contribution in [0.1, 0.15) is 26.3 Å². The van der Waals surface area contributed by atoms with E-state index >= 15 is 0 Å². The standard InChI is InChI=1S/C14H21NO/c1-14(2,3)15-9-11-8-12-6-4-5-7-13(12)16-10-11/h4-7,11,15H,8-10H2,1-3H3. The molecule has 0 radical (unpaired) electrons. The Balaban J connectivity index is 1.93. The minimum atomic E-state index is 0.191. The van der Waals surface area contributed by atoms with Gasteiger partial charge >= 0.3 is 0 Å². The van der Waals surface area contributed by atoms with Gasteiger partial charge in [-0.3, -0.25) is 0 Å². The molecule has 0 saturated carbocycles. The molecule has 1 aliphatic heterocycles. The van der Waals surface area contributed by atoms with Crippen LogP contribution in [0.5, 0.6) is 5.75 Å². The zero-order chi connectivity index (χ0) is 11.6. The largest absolute Gasteiger partial charge is 0.493 e. The van der Waals surface area contributed by atoms with Crippen molar-refractivity contribution in [2.75, 3.05) is 13.2 Å². The van der Waals surface area contributed by atoms with E-state index in [1.807, 2.05) is 6.07 Å². The van der Waals surface area contributed by atoms with E-state index in [1.165, 1.54) is 5.56 Å². The van der Waals surface area contributed by atoms with Crippen molar-refractivity contribution in [2.45, 2.75) is 32.7 Å². The van der Waals surface area contributed by atoms with Crippen molar-refractivity contribution in [1.82, 2.24) is 5.32 Å². The molecule has 1 aromatic rings. The Labute approximate surface area is 98.0 Å². The second kappa shape index (κ2) is 4.46. The van der Waals surface area contributed by atoms with Gasteiger partial charge in [0.2, 0.25) is 0 Å². The molecule has 0 fully saturated rings. The number of ether oxygens (including phenoxy) is 1. The fourth-order valence-electron chi connectivity index (χ4n) is 1.97. The molecule has 1 aliphatic rings. The van der Waals surface area contributed by atoms with Crippen molar-refractivity contribution in [3.05, 3.63) is 29.8 Å². The van der Waals surface area contributed by atoms with Gasteiger partial charge in [-0.1, -0.05) is 18.2 Å². The molecule has 0 spiro atoms. The molecule has 0 saturated heterocycles. The van der Waals surface area contributed by atoms with E-state index in [1.54, 1.807) is 0 Å². The van der Waals surface area contributed by atoms with E-state index in [0.717, 1.165) is 25.3 Å². The van der Waals surface area contributed by atoms with Gasteiger partial charge in [-0.05, 0) is 38.8 Å². The van der Waals surface area contributed by atoms with Crippen molar-refractivity contribution in [3.8, 4) is 5.75 Å². The summed E-state index contributed by atoms with van der Waals surface area (Å²) in [5.74, 6) is 1.66. The van der Waals surface area contributed by atoms with E-state index in [9.17, 15) is 0 Å². The van der Waals surface area contributed by atoms with E-state index in [-0.39, 0.29) is 5.54 Å². The lowest BCUT2D eigenvalue weighted by Gasteiger charge is -2.29. The van der Waals surface area contributed by atoms with Crippen molar-refractivity contribution < 1.29 is 4.74 Å². The summed E-state index contributed by atoms with van der Waals surface area (Å²) >= 11 is 0. The molecule has 16 heavy (non-hydrogen) atoms. The fraction of sp³-hybridized carbons (Fsp3) is 0.571. The highest BCUT2D eigenvalue weighted by Gasteiger charge is 2.20. The number of benzene rings is 1. The zero-order valence-electron chi connectivity index (χ0n) is 10.4. The maximum absolute atomic E-state index is 5.76. The summed E-state index contributed by atoms with van der Waals surface area (Å²) in [6.45, 7) is 8.46. The number of para-hydroxylation sites is 1. The first-order valence-electron chi connectivity index (χ1n) is 6.00. The van der Waals surface area contributed by atoms with Gasteiger partial charge in [-0.2, -0.15) is 0 Å². The van der Waals surface area contributed by atoms with Crippen LogP contribution in [0, 0.1) is 5.92 Å². The van der Waals surface area contributed by atoms with Gasteiger partial charge in [-0.15, -0.1) is 0 Å². The maximum atomic E-state index is 5.76. The Morgan fingerprint density at radius 3 is 2.81 bits per heavy atom. The summed E-state index contributed by atoms with van der Waals surface area (Å²) in [6, 6.07) is 8.34. The zero-order valence-corrected chi connectivity index (χ0v) is 10.4. The lowest BCUT2D eigenvalue weighted by Crippen LogP contribution is -2.41. The van der Waals surface area contributed by atoms with Crippen LogP contribution in [0.15, 0.2) is 24.3 Å². The molecule has 1 unspecified atom stereocenters. The summed E-state index contributed by atoms with van der Waals surface area (Å²) in [7, 11) is 0. The molecular formula is C14H21NO. The molecular weight excluding hydrogens is 198 g/mol. The Morgan fingerprint density at radius 1 is 1.31 bits per heavy atom. The highest BCUT2D eigenvalue weighted by atomic mass is 16.5. The van der Waals surface area contributed by atoms with Gasteiger partial charge in [0.25, 0.3) is 0 Å². The average Bonchev–Trinajstić information content (AvgIpc) is 2.25. The molecule has 0 aromatic heterocycles. The Kier molecular flexibility index (Phi) is 3.20. The van der Waals surface area contributed by atoms with Gasteiger partial charge < -0.3 is 10.1 Å². The predicted octanol–water partition coefficient (Wildman–Crippen LogP) is 2.63. The van der Waals surface area contributed by atoms with Crippen molar-refractivity contribution in [3.63, 3.8) is 0 Å². The van der Waals surface area contributed by atoms with Crippen LogP contribution in [0.4, 0.5) is 0 Å². The third kappa shape index (κ3) is 2.99. The molecule has 2 heteroatoms. The number of hydrogen-bond donors (Lipinski definition) is 1. The third-order valence-electron chi connectivity index (χ3n) is 2.88. The Morgan fingerprint density at radius 2 is 2.06 bits per heavy atom. The van der Waals surface area contributed by atoms with Gasteiger partial charge in [0, 0.05) is 18.0 Å². The Hall–Kier alpha value is -1.02. The van der Waals surface area contributed by atoms with Gasteiger partial charge in [0.05, 0.1) is 6.61 Å². The first-order chi connectivity index (χ1) is 7.54. The molecule has 1 N–H and O–H groups in total. The van der Waals surface area contributed by atoms with Crippen LogP contribution in [0.2, 0.25) is 0 Å². The topological polar surface area (TPSA) is 21.3 Å². The van der Waals surface area contributed by atoms with E-state index in [0.29, 0.717) is 5.92 Å².